The van der Waals surface area contributed by atoms with Gasteiger partial charge in [-0.25, -0.2) is 9.18 Å². The number of urea groups is 1. The monoisotopic (exact) mass is 355 g/mol. The Hall–Kier alpha value is -2.89. The van der Waals surface area contributed by atoms with Gasteiger partial charge in [-0.05, 0) is 43.5 Å². The number of hydrogen-bond donors (Lipinski definition) is 3. The highest BCUT2D eigenvalue weighted by Gasteiger charge is 2.29. The molecule has 3 amide bonds. The third kappa shape index (κ3) is 4.81. The van der Waals surface area contributed by atoms with Crippen molar-refractivity contribution in [2.24, 2.45) is 5.92 Å². The minimum absolute atomic E-state index is 0.0477. The van der Waals surface area contributed by atoms with Gasteiger partial charge in [0.1, 0.15) is 5.82 Å². The lowest BCUT2D eigenvalue weighted by Gasteiger charge is -2.16. The van der Waals surface area contributed by atoms with Gasteiger partial charge in [0.25, 0.3) is 0 Å². The predicted molar refractivity (Wildman–Crippen MR) is 98.0 cm³/mol. The first-order valence-electron chi connectivity index (χ1n) is 8.71. The topological polar surface area (TPSA) is 70.2 Å². The first kappa shape index (κ1) is 17.9. The minimum atomic E-state index is -0.444. The molecular weight excluding hydrogens is 333 g/mol. The van der Waals surface area contributed by atoms with Crippen LogP contribution in [0.15, 0.2) is 48.5 Å². The number of amides is 3. The summed E-state index contributed by atoms with van der Waals surface area (Å²) in [6.07, 6.45) is 1.90. The average Bonchev–Trinajstić information content (AvgIpc) is 3.46. The van der Waals surface area contributed by atoms with Gasteiger partial charge in [0.15, 0.2) is 0 Å². The van der Waals surface area contributed by atoms with Crippen molar-refractivity contribution in [2.45, 2.75) is 32.4 Å². The molecule has 1 unspecified atom stereocenters. The molecule has 1 saturated carbocycles. The smallest absolute Gasteiger partial charge is 0.315 e. The van der Waals surface area contributed by atoms with Gasteiger partial charge in [-0.15, -0.1) is 0 Å². The number of nitrogens with one attached hydrogen (secondary N) is 3. The molecule has 0 aliphatic heterocycles. The van der Waals surface area contributed by atoms with Crippen LogP contribution < -0.4 is 16.0 Å². The second kappa shape index (κ2) is 7.99. The molecule has 1 fully saturated rings. The highest BCUT2D eigenvalue weighted by atomic mass is 19.1. The Bertz CT molecular complexity index is 805. The lowest BCUT2D eigenvalue weighted by molar-refractivity contribution is -0.117. The zero-order valence-electron chi connectivity index (χ0n) is 14.6. The molecule has 0 spiro atoms. The van der Waals surface area contributed by atoms with Gasteiger partial charge in [-0.2, -0.15) is 0 Å². The summed E-state index contributed by atoms with van der Waals surface area (Å²) >= 11 is 0. The number of carbonyl (C=O) groups excluding carboxylic acids is 2. The van der Waals surface area contributed by atoms with Crippen molar-refractivity contribution in [1.82, 2.24) is 10.6 Å². The number of hydrogen-bond acceptors (Lipinski definition) is 2. The molecule has 1 aliphatic rings. The van der Waals surface area contributed by atoms with Crippen LogP contribution in [0.5, 0.6) is 0 Å². The van der Waals surface area contributed by atoms with Crippen molar-refractivity contribution < 1.29 is 14.0 Å². The Labute approximate surface area is 152 Å². The van der Waals surface area contributed by atoms with E-state index in [1.54, 1.807) is 25.1 Å². The molecule has 1 atom stereocenters. The van der Waals surface area contributed by atoms with E-state index in [1.807, 2.05) is 24.3 Å². The maximum Gasteiger partial charge on any atom is 0.315 e. The van der Waals surface area contributed by atoms with E-state index < -0.39 is 6.04 Å². The summed E-state index contributed by atoms with van der Waals surface area (Å²) in [5, 5.41) is 8.35. The molecule has 6 heteroatoms. The fourth-order valence-corrected chi connectivity index (χ4v) is 2.68. The average molecular weight is 355 g/mol. The van der Waals surface area contributed by atoms with E-state index in [0.717, 1.165) is 24.1 Å². The summed E-state index contributed by atoms with van der Waals surface area (Å²) in [6, 6.07) is 12.9. The van der Waals surface area contributed by atoms with Crippen molar-refractivity contribution in [3.8, 4) is 0 Å². The lowest BCUT2D eigenvalue weighted by atomic mass is 10.1. The number of carbonyl (C=O) groups is 2. The minimum Gasteiger partial charge on any atom is -0.334 e. The molecular formula is C20H22FN3O2. The van der Waals surface area contributed by atoms with Crippen LogP contribution >= 0.6 is 0 Å². The number of rotatable bonds is 6. The van der Waals surface area contributed by atoms with Gasteiger partial charge in [0.2, 0.25) is 5.91 Å². The van der Waals surface area contributed by atoms with Crippen molar-refractivity contribution in [2.75, 3.05) is 5.32 Å². The van der Waals surface area contributed by atoms with Crippen LogP contribution in [0, 0.1) is 11.7 Å². The molecule has 1 aliphatic carbocycles. The van der Waals surface area contributed by atoms with E-state index in [0.29, 0.717) is 12.1 Å². The molecule has 0 saturated heterocycles. The fourth-order valence-electron chi connectivity index (χ4n) is 2.68. The third-order valence-corrected chi connectivity index (χ3v) is 4.32. The molecule has 5 nitrogen and oxygen atoms in total. The standard InChI is InChI=1S/C20H22FN3O2/c1-13(17-7-2-3-8-18(17)21)23-20(26)22-12-14-5-4-6-16(11-14)24-19(25)15-9-10-15/h2-8,11,13,15H,9-10,12H2,1H3,(H,24,25)(H2,22,23,26). The van der Waals surface area contributed by atoms with E-state index in [2.05, 4.69) is 16.0 Å². The molecule has 2 aromatic carbocycles. The Morgan fingerprint density at radius 2 is 1.92 bits per heavy atom. The molecule has 0 aromatic heterocycles. The first-order valence-corrected chi connectivity index (χ1v) is 8.71. The van der Waals surface area contributed by atoms with Gasteiger partial charge < -0.3 is 16.0 Å². The summed E-state index contributed by atoms with van der Waals surface area (Å²) in [5.41, 5.74) is 2.03. The van der Waals surface area contributed by atoms with E-state index >= 15 is 0 Å². The predicted octanol–water partition coefficient (Wildman–Crippen LogP) is 3.73. The van der Waals surface area contributed by atoms with Crippen molar-refractivity contribution in [3.63, 3.8) is 0 Å². The van der Waals surface area contributed by atoms with Gasteiger partial charge >= 0.3 is 6.03 Å². The zero-order chi connectivity index (χ0) is 18.5. The maximum absolute atomic E-state index is 13.7. The van der Waals surface area contributed by atoms with Gasteiger partial charge in [-0.3, -0.25) is 4.79 Å². The van der Waals surface area contributed by atoms with E-state index in [-0.39, 0.29) is 23.7 Å². The Morgan fingerprint density at radius 3 is 2.65 bits per heavy atom. The van der Waals surface area contributed by atoms with Crippen LogP contribution in [-0.2, 0) is 11.3 Å². The van der Waals surface area contributed by atoms with Gasteiger partial charge in [0, 0.05) is 23.7 Å². The zero-order valence-corrected chi connectivity index (χ0v) is 14.6. The van der Waals surface area contributed by atoms with Crippen LogP contribution in [0.25, 0.3) is 0 Å². The number of anilines is 1. The van der Waals surface area contributed by atoms with Crippen LogP contribution in [0.1, 0.15) is 36.9 Å². The molecule has 26 heavy (non-hydrogen) atoms. The van der Waals surface area contributed by atoms with Crippen LogP contribution in [0.4, 0.5) is 14.9 Å². The summed E-state index contributed by atoms with van der Waals surface area (Å²) in [5.74, 6) is -0.159. The molecule has 3 rings (SSSR count). The van der Waals surface area contributed by atoms with Gasteiger partial charge in [0.05, 0.1) is 6.04 Å². The second-order valence-corrected chi connectivity index (χ2v) is 6.53. The second-order valence-electron chi connectivity index (χ2n) is 6.53. The number of halogens is 1. The summed E-state index contributed by atoms with van der Waals surface area (Å²) in [7, 11) is 0. The Balaban J connectivity index is 1.51. The van der Waals surface area contributed by atoms with E-state index in [9.17, 15) is 14.0 Å². The summed E-state index contributed by atoms with van der Waals surface area (Å²) in [4.78, 5) is 23.9. The van der Waals surface area contributed by atoms with Crippen LogP contribution in [0.2, 0.25) is 0 Å². The largest absolute Gasteiger partial charge is 0.334 e. The molecule has 2 aromatic rings. The normalized spacial score (nSPS) is 14.4. The Kier molecular flexibility index (Phi) is 5.51. The summed E-state index contributed by atoms with van der Waals surface area (Å²) in [6.45, 7) is 2.04. The first-order chi connectivity index (χ1) is 12.5. The summed E-state index contributed by atoms with van der Waals surface area (Å²) < 4.78 is 13.7. The lowest BCUT2D eigenvalue weighted by Crippen LogP contribution is -2.36. The molecule has 0 radical (unpaired) electrons. The van der Waals surface area contributed by atoms with Crippen LogP contribution in [0.3, 0.4) is 0 Å². The Morgan fingerprint density at radius 1 is 1.15 bits per heavy atom. The highest BCUT2D eigenvalue weighted by molar-refractivity contribution is 5.94. The highest BCUT2D eigenvalue weighted by Crippen LogP contribution is 2.30. The number of benzene rings is 2. The van der Waals surface area contributed by atoms with Crippen molar-refractivity contribution in [3.05, 3.63) is 65.5 Å². The fraction of sp³-hybridized carbons (Fsp3) is 0.300. The van der Waals surface area contributed by atoms with Crippen molar-refractivity contribution in [1.29, 1.82) is 0 Å². The molecule has 0 heterocycles. The molecule has 3 N–H and O–H groups in total. The maximum atomic E-state index is 13.7. The van der Waals surface area contributed by atoms with Crippen LogP contribution in [-0.4, -0.2) is 11.9 Å². The van der Waals surface area contributed by atoms with E-state index in [4.69, 9.17) is 0 Å². The van der Waals surface area contributed by atoms with Crippen molar-refractivity contribution >= 4 is 17.6 Å². The molecule has 0 bridgehead atoms. The quantitative estimate of drug-likeness (QED) is 0.739. The van der Waals surface area contributed by atoms with E-state index in [1.165, 1.54) is 6.07 Å². The van der Waals surface area contributed by atoms with Gasteiger partial charge in [-0.1, -0.05) is 30.3 Å². The SMILES string of the molecule is CC(NC(=O)NCc1cccc(NC(=O)C2CC2)c1)c1ccccc1F. The third-order valence-electron chi connectivity index (χ3n) is 4.32. The molecule has 136 valence electrons.